The van der Waals surface area contributed by atoms with Gasteiger partial charge in [-0.1, -0.05) is 17.4 Å². The number of nitrogens with one attached hydrogen (secondary N) is 2. The largest absolute Gasteiger partial charge is 0.493 e. The maximum Gasteiger partial charge on any atom is 0.261 e. The molecule has 154 valence electrons. The van der Waals surface area contributed by atoms with Crippen LogP contribution in [0.3, 0.4) is 0 Å². The van der Waals surface area contributed by atoms with Crippen LogP contribution in [0.4, 0.5) is 4.39 Å². The number of carbonyl (C=O) groups excluding carboxylic acids is 1. The monoisotopic (exact) mass is 426 g/mol. The number of carbonyl (C=O) groups is 1. The van der Waals surface area contributed by atoms with E-state index in [0.717, 1.165) is 27.8 Å². The van der Waals surface area contributed by atoms with Crippen molar-refractivity contribution in [1.82, 2.24) is 10.3 Å². The molecule has 0 atom stereocenters. The van der Waals surface area contributed by atoms with E-state index in [4.69, 9.17) is 9.47 Å². The van der Waals surface area contributed by atoms with Gasteiger partial charge in [0.25, 0.3) is 5.91 Å². The van der Waals surface area contributed by atoms with Crippen molar-refractivity contribution in [3.05, 3.63) is 68.4 Å². The smallest absolute Gasteiger partial charge is 0.261 e. The van der Waals surface area contributed by atoms with Crippen molar-refractivity contribution in [2.24, 2.45) is 0 Å². The van der Waals surface area contributed by atoms with E-state index >= 15 is 0 Å². The topological polar surface area (TPSA) is 80.4 Å². The van der Waals surface area contributed by atoms with Gasteiger partial charge in [-0.15, -0.1) is 0 Å². The van der Waals surface area contributed by atoms with Gasteiger partial charge in [-0.3, -0.25) is 9.59 Å². The molecule has 2 aromatic heterocycles. The average Bonchev–Trinajstić information content (AvgIpc) is 3.14. The van der Waals surface area contributed by atoms with Crippen LogP contribution in [-0.2, 0) is 6.42 Å². The van der Waals surface area contributed by atoms with Gasteiger partial charge in [0.05, 0.1) is 24.5 Å². The predicted octanol–water partition coefficient (Wildman–Crippen LogP) is 3.87. The van der Waals surface area contributed by atoms with Crippen molar-refractivity contribution in [2.45, 2.75) is 6.42 Å². The highest BCUT2D eigenvalue weighted by atomic mass is 32.1. The van der Waals surface area contributed by atoms with Gasteiger partial charge >= 0.3 is 0 Å². The van der Waals surface area contributed by atoms with Crippen LogP contribution in [0.5, 0.6) is 11.5 Å². The Morgan fingerprint density at radius 2 is 2.00 bits per heavy atom. The molecule has 0 spiro atoms. The summed E-state index contributed by atoms with van der Waals surface area (Å²) in [6.45, 7) is 0.354. The number of aromatic amines is 1. The fourth-order valence-electron chi connectivity index (χ4n) is 3.46. The van der Waals surface area contributed by atoms with Gasteiger partial charge < -0.3 is 19.8 Å². The zero-order chi connectivity index (χ0) is 21.3. The first kappa shape index (κ1) is 19.9. The minimum absolute atomic E-state index is 0.277. The summed E-state index contributed by atoms with van der Waals surface area (Å²) in [5, 5.41) is 4.61. The SMILES string of the molecule is COc1ccc2cc(C(=O)NCCc3c[nH]c4ccc(F)cc34)sc(=O)c2c1OC. The first-order valence-corrected chi connectivity index (χ1v) is 10.1. The summed E-state index contributed by atoms with van der Waals surface area (Å²) >= 11 is 0.857. The Hall–Kier alpha value is -3.39. The van der Waals surface area contributed by atoms with E-state index in [2.05, 4.69) is 10.3 Å². The van der Waals surface area contributed by atoms with E-state index in [0.29, 0.717) is 40.1 Å². The highest BCUT2D eigenvalue weighted by molar-refractivity contribution is 7.12. The molecule has 2 N–H and O–H groups in total. The molecule has 0 aliphatic heterocycles. The van der Waals surface area contributed by atoms with Crippen LogP contribution in [0.25, 0.3) is 21.7 Å². The fraction of sp³-hybridized carbons (Fsp3) is 0.182. The Morgan fingerprint density at radius 1 is 1.17 bits per heavy atom. The van der Waals surface area contributed by atoms with Crippen molar-refractivity contribution < 1.29 is 18.7 Å². The standard InChI is InChI=1S/C22H19FN2O4S/c1-28-17-6-3-12-9-18(30-22(27)19(12)20(17)29-2)21(26)24-8-7-13-11-25-16-5-4-14(23)10-15(13)16/h3-6,9-11,25H,7-8H2,1-2H3,(H,24,26). The Kier molecular flexibility index (Phi) is 5.41. The van der Waals surface area contributed by atoms with Crippen LogP contribution in [0.1, 0.15) is 15.2 Å². The number of hydrogen-bond donors (Lipinski definition) is 2. The van der Waals surface area contributed by atoms with Gasteiger partial charge in [0.1, 0.15) is 5.82 Å². The lowest BCUT2D eigenvalue weighted by atomic mass is 10.1. The van der Waals surface area contributed by atoms with E-state index in [9.17, 15) is 14.0 Å². The second-order valence-electron chi connectivity index (χ2n) is 6.67. The van der Waals surface area contributed by atoms with E-state index in [-0.39, 0.29) is 16.5 Å². The summed E-state index contributed by atoms with van der Waals surface area (Å²) in [4.78, 5) is 28.7. The lowest BCUT2D eigenvalue weighted by Gasteiger charge is -2.11. The zero-order valence-corrected chi connectivity index (χ0v) is 17.2. The predicted molar refractivity (Wildman–Crippen MR) is 115 cm³/mol. The zero-order valence-electron chi connectivity index (χ0n) is 16.4. The summed E-state index contributed by atoms with van der Waals surface area (Å²) in [6, 6.07) is 9.64. The Bertz CT molecular complexity index is 1310. The Morgan fingerprint density at radius 3 is 2.77 bits per heavy atom. The molecule has 4 rings (SSSR count). The summed E-state index contributed by atoms with van der Waals surface area (Å²) in [6.07, 6.45) is 2.34. The molecule has 2 aromatic carbocycles. The first-order valence-electron chi connectivity index (χ1n) is 9.24. The molecule has 8 heteroatoms. The van der Waals surface area contributed by atoms with Crippen molar-refractivity contribution in [3.8, 4) is 11.5 Å². The third-order valence-corrected chi connectivity index (χ3v) is 5.82. The van der Waals surface area contributed by atoms with Crippen LogP contribution >= 0.6 is 11.3 Å². The van der Waals surface area contributed by atoms with Crippen LogP contribution in [0.15, 0.2) is 47.4 Å². The lowest BCUT2D eigenvalue weighted by Crippen LogP contribution is -2.25. The number of hydrogen-bond acceptors (Lipinski definition) is 5. The molecule has 0 unspecified atom stereocenters. The van der Waals surface area contributed by atoms with E-state index in [1.165, 1.54) is 26.4 Å². The third-order valence-electron chi connectivity index (χ3n) is 4.90. The Labute approximate surface area is 175 Å². The van der Waals surface area contributed by atoms with Crippen molar-refractivity contribution in [2.75, 3.05) is 20.8 Å². The molecular formula is C22H19FN2O4S. The molecule has 0 aliphatic carbocycles. The van der Waals surface area contributed by atoms with E-state index in [1.807, 2.05) is 6.20 Å². The number of amides is 1. The van der Waals surface area contributed by atoms with Crippen LogP contribution in [-0.4, -0.2) is 31.7 Å². The molecule has 0 fully saturated rings. The van der Waals surface area contributed by atoms with Crippen molar-refractivity contribution in [1.29, 1.82) is 0 Å². The minimum Gasteiger partial charge on any atom is -0.493 e. The van der Waals surface area contributed by atoms with Gasteiger partial charge in [0.15, 0.2) is 11.5 Å². The molecule has 30 heavy (non-hydrogen) atoms. The van der Waals surface area contributed by atoms with Gasteiger partial charge in [-0.2, -0.15) is 0 Å². The van der Waals surface area contributed by atoms with Gasteiger partial charge in [-0.05, 0) is 47.7 Å². The highest BCUT2D eigenvalue weighted by Gasteiger charge is 2.16. The van der Waals surface area contributed by atoms with E-state index in [1.54, 1.807) is 24.3 Å². The summed E-state index contributed by atoms with van der Waals surface area (Å²) in [5.41, 5.74) is 1.75. The minimum atomic E-state index is -0.334. The van der Waals surface area contributed by atoms with Crippen molar-refractivity contribution >= 4 is 38.9 Å². The van der Waals surface area contributed by atoms with Crippen LogP contribution in [0, 0.1) is 5.82 Å². The fourth-order valence-corrected chi connectivity index (χ4v) is 4.32. The number of ether oxygens (including phenoxy) is 2. The van der Waals surface area contributed by atoms with E-state index < -0.39 is 0 Å². The van der Waals surface area contributed by atoms with Gasteiger partial charge in [0, 0.05) is 23.6 Å². The third kappa shape index (κ3) is 3.61. The molecule has 2 heterocycles. The molecule has 0 aliphatic rings. The van der Waals surface area contributed by atoms with Gasteiger partial charge in [0.2, 0.25) is 4.74 Å². The summed E-state index contributed by atoms with van der Waals surface area (Å²) in [7, 11) is 2.97. The van der Waals surface area contributed by atoms with Crippen molar-refractivity contribution in [3.63, 3.8) is 0 Å². The highest BCUT2D eigenvalue weighted by Crippen LogP contribution is 2.34. The second kappa shape index (κ2) is 8.16. The maximum absolute atomic E-state index is 13.5. The number of benzene rings is 2. The molecule has 0 saturated carbocycles. The number of fused-ring (bicyclic) bond motifs is 2. The summed E-state index contributed by atoms with van der Waals surface area (Å²) < 4.78 is 23.8. The normalized spacial score (nSPS) is 11.0. The Balaban J connectivity index is 1.53. The number of rotatable bonds is 6. The molecule has 4 aromatic rings. The molecule has 6 nitrogen and oxygen atoms in total. The molecule has 0 radical (unpaired) electrons. The second-order valence-corrected chi connectivity index (χ2v) is 7.69. The quantitative estimate of drug-likeness (QED) is 0.491. The molecular weight excluding hydrogens is 407 g/mol. The lowest BCUT2D eigenvalue weighted by molar-refractivity contribution is 0.0958. The number of aromatic nitrogens is 1. The molecule has 0 bridgehead atoms. The average molecular weight is 426 g/mol. The van der Waals surface area contributed by atoms with Crippen LogP contribution < -0.4 is 19.5 Å². The summed E-state index contributed by atoms with van der Waals surface area (Å²) in [5.74, 6) is 0.177. The number of H-pyrrole nitrogens is 1. The maximum atomic E-state index is 13.5. The van der Waals surface area contributed by atoms with Gasteiger partial charge in [-0.25, -0.2) is 4.39 Å². The number of methoxy groups -OCH3 is 2. The van der Waals surface area contributed by atoms with Crippen LogP contribution in [0.2, 0.25) is 0 Å². The molecule has 0 saturated heterocycles. The first-order chi connectivity index (χ1) is 14.5. The number of halogens is 1. The molecule has 1 amide bonds.